The molecule has 0 bridgehead atoms. The van der Waals surface area contributed by atoms with Crippen molar-refractivity contribution in [2.75, 3.05) is 22.5 Å². The summed E-state index contributed by atoms with van der Waals surface area (Å²) < 4.78 is 0. The van der Waals surface area contributed by atoms with Crippen molar-refractivity contribution in [2.45, 2.75) is 13.3 Å². The van der Waals surface area contributed by atoms with Gasteiger partial charge in [0.1, 0.15) is 5.69 Å². The Morgan fingerprint density at radius 2 is 2.14 bits per heavy atom. The topological polar surface area (TPSA) is 91.2 Å². The van der Waals surface area contributed by atoms with Crippen LogP contribution in [0, 0.1) is 0 Å². The lowest BCUT2D eigenvalue weighted by atomic mass is 10.1. The number of fused-ring (bicyclic) bond motifs is 1. The van der Waals surface area contributed by atoms with Crippen molar-refractivity contribution in [1.29, 1.82) is 0 Å². The van der Waals surface area contributed by atoms with Crippen LogP contribution in [0.1, 0.15) is 23.0 Å². The zero-order chi connectivity index (χ0) is 15.0. The van der Waals surface area contributed by atoms with Crippen molar-refractivity contribution in [2.24, 2.45) is 0 Å². The zero-order valence-electron chi connectivity index (χ0n) is 11.6. The summed E-state index contributed by atoms with van der Waals surface area (Å²) in [6.45, 7) is 2.25. The highest BCUT2D eigenvalue weighted by Crippen LogP contribution is 2.30. The van der Waals surface area contributed by atoms with E-state index in [0.29, 0.717) is 23.6 Å². The number of nitrogens with one attached hydrogen (secondary N) is 2. The van der Waals surface area contributed by atoms with Crippen LogP contribution in [0.3, 0.4) is 0 Å². The summed E-state index contributed by atoms with van der Waals surface area (Å²) in [6.07, 6.45) is 2.37. The molecule has 1 aromatic carbocycles. The Bertz CT molecular complexity index is 720. The van der Waals surface area contributed by atoms with Gasteiger partial charge in [-0.3, -0.25) is 9.59 Å². The molecule has 0 fully saturated rings. The molecule has 2 heterocycles. The van der Waals surface area contributed by atoms with Gasteiger partial charge in [0, 0.05) is 36.7 Å². The van der Waals surface area contributed by atoms with Crippen molar-refractivity contribution in [3.05, 3.63) is 41.7 Å². The van der Waals surface area contributed by atoms with Gasteiger partial charge in [-0.05, 0) is 36.2 Å². The second kappa shape index (κ2) is 4.97. The second-order valence-corrected chi connectivity index (χ2v) is 5.06. The number of H-pyrrole nitrogens is 1. The SMILES string of the molecule is CC(=O)N1CCc2cc(NC(=O)c3cc(N)c[nH]3)ccc21. The van der Waals surface area contributed by atoms with Gasteiger partial charge in [-0.25, -0.2) is 0 Å². The molecule has 0 unspecified atom stereocenters. The van der Waals surface area contributed by atoms with Crippen LogP contribution in [0.15, 0.2) is 30.5 Å². The molecule has 1 aliphatic rings. The zero-order valence-corrected chi connectivity index (χ0v) is 11.6. The van der Waals surface area contributed by atoms with Crippen molar-refractivity contribution in [1.82, 2.24) is 4.98 Å². The van der Waals surface area contributed by atoms with E-state index in [4.69, 9.17) is 5.73 Å². The second-order valence-electron chi connectivity index (χ2n) is 5.06. The Hall–Kier alpha value is -2.76. The summed E-state index contributed by atoms with van der Waals surface area (Å²) in [6, 6.07) is 7.15. The summed E-state index contributed by atoms with van der Waals surface area (Å²) in [5.41, 5.74) is 9.20. The molecule has 2 aromatic rings. The molecule has 2 amide bonds. The molecule has 6 nitrogen and oxygen atoms in total. The highest BCUT2D eigenvalue weighted by atomic mass is 16.2. The number of nitrogens with two attached hydrogens (primary N) is 1. The average Bonchev–Trinajstić information content (AvgIpc) is 3.04. The van der Waals surface area contributed by atoms with E-state index in [2.05, 4.69) is 10.3 Å². The third kappa shape index (κ3) is 2.47. The van der Waals surface area contributed by atoms with Gasteiger partial charge in [-0.15, -0.1) is 0 Å². The minimum absolute atomic E-state index is 0.0346. The molecule has 108 valence electrons. The van der Waals surface area contributed by atoms with Crippen LogP contribution < -0.4 is 16.0 Å². The lowest BCUT2D eigenvalue weighted by Gasteiger charge is -2.15. The number of nitrogen functional groups attached to an aromatic ring is 1. The molecular formula is C15H16N4O2. The summed E-state index contributed by atoms with van der Waals surface area (Å²) in [5.74, 6) is -0.208. The summed E-state index contributed by atoms with van der Waals surface area (Å²) in [5, 5.41) is 2.82. The first-order valence-electron chi connectivity index (χ1n) is 6.71. The van der Waals surface area contributed by atoms with Crippen molar-refractivity contribution in [3.63, 3.8) is 0 Å². The molecule has 6 heteroatoms. The maximum atomic E-state index is 12.0. The third-order valence-corrected chi connectivity index (χ3v) is 3.56. The maximum absolute atomic E-state index is 12.0. The summed E-state index contributed by atoms with van der Waals surface area (Å²) >= 11 is 0. The lowest BCUT2D eigenvalue weighted by Crippen LogP contribution is -2.25. The molecule has 1 aromatic heterocycles. The molecule has 0 aliphatic carbocycles. The molecule has 0 radical (unpaired) electrons. The predicted molar refractivity (Wildman–Crippen MR) is 81.3 cm³/mol. The summed E-state index contributed by atoms with van der Waals surface area (Å²) in [7, 11) is 0. The van der Waals surface area contributed by atoms with Crippen molar-refractivity contribution >= 4 is 28.9 Å². The minimum Gasteiger partial charge on any atom is -0.397 e. The third-order valence-electron chi connectivity index (χ3n) is 3.56. The number of benzene rings is 1. The molecule has 4 N–H and O–H groups in total. The van der Waals surface area contributed by atoms with Crippen LogP contribution in [0.25, 0.3) is 0 Å². The number of carbonyl (C=O) groups is 2. The van der Waals surface area contributed by atoms with Crippen LogP contribution in [0.2, 0.25) is 0 Å². The molecule has 1 aliphatic heterocycles. The van der Waals surface area contributed by atoms with Gasteiger partial charge in [0.05, 0.1) is 0 Å². The predicted octanol–water partition coefficient (Wildman–Crippen LogP) is 1.76. The van der Waals surface area contributed by atoms with Gasteiger partial charge in [-0.2, -0.15) is 0 Å². The smallest absolute Gasteiger partial charge is 0.272 e. The number of aromatic amines is 1. The standard InChI is InChI=1S/C15H16N4O2/c1-9(20)19-5-4-10-6-12(2-3-14(10)19)18-15(21)13-7-11(16)8-17-13/h2-3,6-8,17H,4-5,16H2,1H3,(H,18,21). The van der Waals surface area contributed by atoms with Crippen LogP contribution in [0.4, 0.5) is 17.1 Å². The number of nitrogens with zero attached hydrogens (tertiary/aromatic N) is 1. The van der Waals surface area contributed by atoms with Gasteiger partial charge in [0.15, 0.2) is 0 Å². The van der Waals surface area contributed by atoms with Crippen LogP contribution in [0.5, 0.6) is 0 Å². The van der Waals surface area contributed by atoms with Crippen LogP contribution >= 0.6 is 0 Å². The van der Waals surface area contributed by atoms with E-state index in [-0.39, 0.29) is 11.8 Å². The quantitative estimate of drug-likeness (QED) is 0.784. The summed E-state index contributed by atoms with van der Waals surface area (Å²) in [4.78, 5) is 28.1. The fourth-order valence-electron chi connectivity index (χ4n) is 2.55. The first-order chi connectivity index (χ1) is 10.0. The van der Waals surface area contributed by atoms with E-state index in [1.807, 2.05) is 12.1 Å². The van der Waals surface area contributed by atoms with Crippen molar-refractivity contribution < 1.29 is 9.59 Å². The average molecular weight is 284 g/mol. The first kappa shape index (κ1) is 13.2. The number of aromatic nitrogens is 1. The molecular weight excluding hydrogens is 268 g/mol. The number of carbonyl (C=O) groups excluding carboxylic acids is 2. The number of hydrogen-bond acceptors (Lipinski definition) is 3. The van der Waals surface area contributed by atoms with Crippen molar-refractivity contribution in [3.8, 4) is 0 Å². The van der Waals surface area contributed by atoms with E-state index < -0.39 is 0 Å². The Morgan fingerprint density at radius 1 is 1.33 bits per heavy atom. The Kier molecular flexibility index (Phi) is 3.13. The molecule has 0 saturated carbocycles. The number of anilines is 3. The van der Waals surface area contributed by atoms with Gasteiger partial charge >= 0.3 is 0 Å². The number of rotatable bonds is 2. The van der Waals surface area contributed by atoms with Crippen LogP contribution in [-0.2, 0) is 11.2 Å². The monoisotopic (exact) mass is 284 g/mol. The van der Waals surface area contributed by atoms with Gasteiger partial charge in [0.2, 0.25) is 5.91 Å². The Labute approximate surface area is 121 Å². The van der Waals surface area contributed by atoms with Crippen LogP contribution in [-0.4, -0.2) is 23.3 Å². The van der Waals surface area contributed by atoms with Gasteiger partial charge in [0.25, 0.3) is 5.91 Å². The maximum Gasteiger partial charge on any atom is 0.272 e. The van der Waals surface area contributed by atoms with E-state index in [9.17, 15) is 9.59 Å². The largest absolute Gasteiger partial charge is 0.397 e. The number of hydrogen-bond donors (Lipinski definition) is 3. The highest BCUT2D eigenvalue weighted by molar-refractivity contribution is 6.04. The Balaban J connectivity index is 1.79. The van der Waals surface area contributed by atoms with E-state index in [0.717, 1.165) is 17.7 Å². The molecule has 3 rings (SSSR count). The fraction of sp³-hybridized carbons (Fsp3) is 0.200. The molecule has 0 spiro atoms. The minimum atomic E-state index is -0.243. The van der Waals surface area contributed by atoms with Gasteiger partial charge in [-0.1, -0.05) is 0 Å². The van der Waals surface area contributed by atoms with E-state index in [1.54, 1.807) is 30.2 Å². The lowest BCUT2D eigenvalue weighted by molar-refractivity contribution is -0.116. The van der Waals surface area contributed by atoms with E-state index >= 15 is 0 Å². The van der Waals surface area contributed by atoms with Gasteiger partial charge < -0.3 is 20.9 Å². The normalized spacial score (nSPS) is 13.1. The fourth-order valence-corrected chi connectivity index (χ4v) is 2.55. The van der Waals surface area contributed by atoms with E-state index in [1.165, 1.54) is 0 Å². The molecule has 21 heavy (non-hydrogen) atoms. The number of amides is 2. The molecule has 0 saturated heterocycles. The Morgan fingerprint density at radius 3 is 2.81 bits per heavy atom. The first-order valence-corrected chi connectivity index (χ1v) is 6.71. The highest BCUT2D eigenvalue weighted by Gasteiger charge is 2.22. The molecule has 0 atom stereocenters.